The van der Waals surface area contributed by atoms with Gasteiger partial charge in [0, 0.05) is 0 Å². The van der Waals surface area contributed by atoms with Gasteiger partial charge in [-0.1, -0.05) is 23.4 Å². The van der Waals surface area contributed by atoms with Gasteiger partial charge in [-0.15, -0.1) is 5.11 Å². The maximum atomic E-state index is 11.4. The summed E-state index contributed by atoms with van der Waals surface area (Å²) < 4.78 is 4.52. The number of carbonyl (C=O) groups excluding carboxylic acids is 1. The van der Waals surface area contributed by atoms with Crippen LogP contribution in [0.15, 0.2) is 52.1 Å². The molecular weight excluding hydrogens is 234 g/mol. The Kier molecular flexibility index (Phi) is 3.20. The second-order valence-electron chi connectivity index (χ2n) is 3.27. The summed E-state index contributed by atoms with van der Waals surface area (Å²) in [5.41, 5.74) is 3.08. The Morgan fingerprint density at radius 1 is 1.44 bits per heavy atom. The van der Waals surface area contributed by atoms with Gasteiger partial charge in [0.1, 0.15) is 6.07 Å². The summed E-state index contributed by atoms with van der Waals surface area (Å²) in [4.78, 5) is 11.4. The van der Waals surface area contributed by atoms with Gasteiger partial charge >= 0.3 is 5.97 Å². The number of benzene rings is 1. The van der Waals surface area contributed by atoms with Crippen molar-refractivity contribution in [3.05, 3.63) is 41.7 Å². The number of para-hydroxylation sites is 1. The van der Waals surface area contributed by atoms with E-state index in [-0.39, 0.29) is 11.4 Å². The van der Waals surface area contributed by atoms with Crippen molar-refractivity contribution in [2.45, 2.75) is 0 Å². The third kappa shape index (κ3) is 1.99. The smallest absolute Gasteiger partial charge is 0.352 e. The molecule has 0 aliphatic carbocycles. The fourth-order valence-electron chi connectivity index (χ4n) is 1.41. The minimum atomic E-state index is -0.754. The maximum Gasteiger partial charge on any atom is 0.352 e. The standard InChI is InChI=1S/C11H9N5O2/c1-18-11(17)9(7-12)10-13-14-15-16(10)8-5-3-2-4-6-8/h2-6H,1H3,(H,13,15)/b10-9+. The van der Waals surface area contributed by atoms with Crippen molar-refractivity contribution < 1.29 is 9.53 Å². The van der Waals surface area contributed by atoms with Crippen LogP contribution in [0, 0.1) is 11.3 Å². The number of methoxy groups -OCH3 is 1. The van der Waals surface area contributed by atoms with E-state index in [1.807, 2.05) is 18.2 Å². The fourth-order valence-corrected chi connectivity index (χ4v) is 1.41. The molecule has 0 fully saturated rings. The fraction of sp³-hybridized carbons (Fsp3) is 0.0909. The number of rotatable bonds is 2. The van der Waals surface area contributed by atoms with E-state index in [2.05, 4.69) is 20.6 Å². The Hall–Kier alpha value is -2.88. The molecule has 1 aromatic carbocycles. The summed E-state index contributed by atoms with van der Waals surface area (Å²) in [6, 6.07) is 10.8. The van der Waals surface area contributed by atoms with Crippen LogP contribution in [0.3, 0.4) is 0 Å². The third-order valence-electron chi connectivity index (χ3n) is 2.24. The Balaban J connectivity index is 2.44. The predicted molar refractivity (Wildman–Crippen MR) is 61.6 cm³/mol. The van der Waals surface area contributed by atoms with Crippen molar-refractivity contribution >= 4 is 11.7 Å². The molecule has 1 aromatic rings. The van der Waals surface area contributed by atoms with Crippen LogP contribution in [0.2, 0.25) is 0 Å². The number of esters is 1. The van der Waals surface area contributed by atoms with Crippen LogP contribution in [-0.4, -0.2) is 13.1 Å². The molecule has 1 aliphatic heterocycles. The minimum Gasteiger partial charge on any atom is -0.465 e. The lowest BCUT2D eigenvalue weighted by Gasteiger charge is -2.16. The van der Waals surface area contributed by atoms with Crippen molar-refractivity contribution in [3.8, 4) is 6.07 Å². The van der Waals surface area contributed by atoms with Crippen LogP contribution in [0.4, 0.5) is 5.69 Å². The highest BCUT2D eigenvalue weighted by atomic mass is 16.5. The summed E-state index contributed by atoms with van der Waals surface area (Å²) in [7, 11) is 1.20. The SMILES string of the molecule is COC(=O)/C(C#N)=C1\N=NNN1c1ccccc1. The van der Waals surface area contributed by atoms with E-state index in [1.54, 1.807) is 18.2 Å². The molecule has 0 spiro atoms. The monoisotopic (exact) mass is 243 g/mol. The Bertz CT molecular complexity index is 559. The largest absolute Gasteiger partial charge is 0.465 e. The molecule has 7 heteroatoms. The highest BCUT2D eigenvalue weighted by Gasteiger charge is 2.25. The zero-order valence-electron chi connectivity index (χ0n) is 9.49. The van der Waals surface area contributed by atoms with Gasteiger partial charge in [-0.25, -0.2) is 9.80 Å². The van der Waals surface area contributed by atoms with E-state index in [4.69, 9.17) is 5.26 Å². The molecule has 0 atom stereocenters. The molecule has 0 aromatic heterocycles. The van der Waals surface area contributed by atoms with E-state index in [9.17, 15) is 4.79 Å². The lowest BCUT2D eigenvalue weighted by atomic mass is 10.2. The van der Waals surface area contributed by atoms with E-state index in [0.717, 1.165) is 0 Å². The van der Waals surface area contributed by atoms with Crippen molar-refractivity contribution in [1.82, 2.24) is 5.53 Å². The summed E-state index contributed by atoms with van der Waals surface area (Å²) in [6.07, 6.45) is 0. The molecular formula is C11H9N5O2. The van der Waals surface area contributed by atoms with Crippen molar-refractivity contribution in [2.24, 2.45) is 10.3 Å². The summed E-state index contributed by atoms with van der Waals surface area (Å²) in [6.45, 7) is 0. The minimum absolute atomic E-state index is 0.107. The number of anilines is 1. The van der Waals surface area contributed by atoms with Gasteiger partial charge in [0.2, 0.25) is 5.82 Å². The van der Waals surface area contributed by atoms with Crippen molar-refractivity contribution in [2.75, 3.05) is 12.1 Å². The first kappa shape index (κ1) is 11.6. The van der Waals surface area contributed by atoms with Crippen molar-refractivity contribution in [3.63, 3.8) is 0 Å². The van der Waals surface area contributed by atoms with Gasteiger partial charge in [0.25, 0.3) is 0 Å². The predicted octanol–water partition coefficient (Wildman–Crippen LogP) is 1.29. The lowest BCUT2D eigenvalue weighted by Crippen LogP contribution is -2.29. The average Bonchev–Trinajstić information content (AvgIpc) is 2.89. The molecule has 2 rings (SSSR count). The summed E-state index contributed by atoms with van der Waals surface area (Å²) in [5, 5.41) is 17.7. The summed E-state index contributed by atoms with van der Waals surface area (Å²) >= 11 is 0. The van der Waals surface area contributed by atoms with Crippen LogP contribution in [0.5, 0.6) is 0 Å². The normalized spacial score (nSPS) is 15.9. The van der Waals surface area contributed by atoms with Crippen LogP contribution in [0.1, 0.15) is 0 Å². The Morgan fingerprint density at radius 2 is 2.17 bits per heavy atom. The van der Waals surface area contributed by atoms with Gasteiger partial charge < -0.3 is 4.74 Å². The average molecular weight is 243 g/mol. The quantitative estimate of drug-likeness (QED) is 0.480. The first-order valence-electron chi connectivity index (χ1n) is 5.02. The number of ether oxygens (including phenoxy) is 1. The molecule has 0 saturated carbocycles. The molecule has 1 N–H and O–H groups in total. The number of carbonyl (C=O) groups is 1. The van der Waals surface area contributed by atoms with Gasteiger partial charge in [0.05, 0.1) is 12.8 Å². The first-order valence-corrected chi connectivity index (χ1v) is 5.02. The molecule has 7 nitrogen and oxygen atoms in total. The highest BCUT2D eigenvalue weighted by Crippen LogP contribution is 2.23. The molecule has 0 unspecified atom stereocenters. The second kappa shape index (κ2) is 4.97. The molecule has 18 heavy (non-hydrogen) atoms. The molecule has 1 heterocycles. The van der Waals surface area contributed by atoms with Crippen molar-refractivity contribution in [1.29, 1.82) is 5.26 Å². The molecule has 0 radical (unpaired) electrons. The lowest BCUT2D eigenvalue weighted by molar-refractivity contribution is -0.135. The van der Waals surface area contributed by atoms with Crippen LogP contribution in [-0.2, 0) is 9.53 Å². The number of nitrogens with zero attached hydrogens (tertiary/aromatic N) is 4. The second-order valence-corrected chi connectivity index (χ2v) is 3.27. The Morgan fingerprint density at radius 3 is 2.78 bits per heavy atom. The van der Waals surface area contributed by atoms with Gasteiger partial charge in [0.15, 0.2) is 5.57 Å². The van der Waals surface area contributed by atoms with Crippen LogP contribution in [0.25, 0.3) is 0 Å². The van der Waals surface area contributed by atoms with E-state index >= 15 is 0 Å². The molecule has 90 valence electrons. The molecule has 1 aliphatic rings. The number of hydrazine groups is 1. The Labute approximate surface area is 103 Å². The first-order chi connectivity index (χ1) is 8.77. The third-order valence-corrected chi connectivity index (χ3v) is 2.24. The summed E-state index contributed by atoms with van der Waals surface area (Å²) in [5.74, 6) is -0.647. The molecule has 0 amide bonds. The van der Waals surface area contributed by atoms with E-state index < -0.39 is 5.97 Å². The highest BCUT2D eigenvalue weighted by molar-refractivity contribution is 5.94. The number of nitrogens with one attached hydrogen (secondary N) is 1. The zero-order chi connectivity index (χ0) is 13.0. The van der Waals surface area contributed by atoms with E-state index in [1.165, 1.54) is 12.1 Å². The number of nitriles is 1. The molecule has 0 saturated heterocycles. The van der Waals surface area contributed by atoms with Gasteiger partial charge in [-0.05, 0) is 12.1 Å². The zero-order valence-corrected chi connectivity index (χ0v) is 9.49. The van der Waals surface area contributed by atoms with Crippen LogP contribution >= 0.6 is 0 Å². The van der Waals surface area contributed by atoms with Crippen LogP contribution < -0.4 is 10.5 Å². The molecule has 0 bridgehead atoms. The number of hydrogen-bond donors (Lipinski definition) is 1. The van der Waals surface area contributed by atoms with E-state index in [0.29, 0.717) is 5.69 Å². The number of hydrogen-bond acceptors (Lipinski definition) is 7. The topological polar surface area (TPSA) is 90.1 Å². The maximum absolute atomic E-state index is 11.4. The van der Waals surface area contributed by atoms with Gasteiger partial charge in [-0.2, -0.15) is 10.8 Å². The van der Waals surface area contributed by atoms with Gasteiger partial charge in [-0.3, -0.25) is 0 Å².